The van der Waals surface area contributed by atoms with Gasteiger partial charge in [-0.3, -0.25) is 0 Å². The highest BCUT2D eigenvalue weighted by atomic mass is 19.4. The van der Waals surface area contributed by atoms with Crippen LogP contribution in [0.4, 0.5) is 24.7 Å². The Hall–Kier alpha value is -2.35. The number of nitrogen functional groups attached to an aromatic ring is 1. The van der Waals surface area contributed by atoms with Crippen molar-refractivity contribution in [1.29, 1.82) is 0 Å². The second-order valence-corrected chi connectivity index (χ2v) is 7.55. The molecule has 1 atom stereocenters. The van der Waals surface area contributed by atoms with Crippen molar-refractivity contribution in [3.05, 3.63) is 34.9 Å². The van der Waals surface area contributed by atoms with Crippen molar-refractivity contribution in [1.82, 2.24) is 15.5 Å². The van der Waals surface area contributed by atoms with Crippen molar-refractivity contribution in [3.63, 3.8) is 0 Å². The van der Waals surface area contributed by atoms with Gasteiger partial charge < -0.3 is 16.4 Å². The van der Waals surface area contributed by atoms with Gasteiger partial charge in [-0.1, -0.05) is 6.07 Å². The Morgan fingerprint density at radius 2 is 1.86 bits per heavy atom. The van der Waals surface area contributed by atoms with Gasteiger partial charge in [0.25, 0.3) is 0 Å². The van der Waals surface area contributed by atoms with Crippen LogP contribution in [-0.4, -0.2) is 29.3 Å². The van der Waals surface area contributed by atoms with Gasteiger partial charge in [-0.15, -0.1) is 10.2 Å². The van der Waals surface area contributed by atoms with Crippen molar-refractivity contribution in [2.24, 2.45) is 0 Å². The summed E-state index contributed by atoms with van der Waals surface area (Å²) in [4.78, 5) is 0. The fraction of sp³-hybridized carbons (Fsp3) is 0.500. The number of alkyl halides is 3. The zero-order valence-corrected chi connectivity index (χ0v) is 15.6. The minimum atomic E-state index is -4.42. The third-order valence-corrected chi connectivity index (χ3v) is 5.56. The van der Waals surface area contributed by atoms with Crippen LogP contribution in [0.1, 0.15) is 42.4 Å². The predicted octanol–water partition coefficient (Wildman–Crippen LogP) is 3.79. The number of fused-ring (bicyclic) bond motifs is 1. The highest BCUT2D eigenvalue weighted by Crippen LogP contribution is 2.38. The summed E-state index contributed by atoms with van der Waals surface area (Å²) in [5.74, 6) is 0.803. The zero-order valence-electron chi connectivity index (χ0n) is 15.6. The fourth-order valence-electron chi connectivity index (χ4n) is 4.10. The number of piperidine rings is 1. The number of nitrogens with zero attached hydrogens (tertiary/aromatic N) is 2. The molecule has 2 aliphatic rings. The van der Waals surface area contributed by atoms with Crippen molar-refractivity contribution in [3.8, 4) is 11.3 Å². The summed E-state index contributed by atoms with van der Waals surface area (Å²) in [6, 6.07) is 3.76. The van der Waals surface area contributed by atoms with Crippen LogP contribution >= 0.6 is 0 Å². The molecule has 0 amide bonds. The number of aromatic nitrogens is 2. The van der Waals surface area contributed by atoms with E-state index in [0.29, 0.717) is 17.3 Å². The molecule has 1 aromatic heterocycles. The second-order valence-electron chi connectivity index (χ2n) is 7.55. The van der Waals surface area contributed by atoms with E-state index in [-0.39, 0.29) is 5.69 Å². The molecule has 150 valence electrons. The normalized spacial score (nSPS) is 19.9. The largest absolute Gasteiger partial charge is 0.416 e. The van der Waals surface area contributed by atoms with Crippen LogP contribution in [0.25, 0.3) is 11.3 Å². The predicted molar refractivity (Wildman–Crippen MR) is 103 cm³/mol. The number of benzene rings is 1. The smallest absolute Gasteiger partial charge is 0.398 e. The zero-order chi connectivity index (χ0) is 19.7. The number of rotatable bonds is 3. The monoisotopic (exact) mass is 391 g/mol. The molecule has 0 spiro atoms. The number of hydrogen-bond acceptors (Lipinski definition) is 5. The Morgan fingerprint density at radius 1 is 1.07 bits per heavy atom. The standard InChI is InChI=1S/C20H24F3N5/c21-20(22,23)12-7-8-16(17(24)10-12)18-14-5-1-2-6-15(14)19(28-27-18)26-13-4-3-9-25-11-13/h7-8,10,13,25H,1-6,9,11,24H2,(H,26,28). The maximum atomic E-state index is 13.0. The molecule has 4 N–H and O–H groups in total. The van der Waals surface area contributed by atoms with E-state index in [4.69, 9.17) is 5.73 Å². The molecule has 0 radical (unpaired) electrons. The lowest BCUT2D eigenvalue weighted by Crippen LogP contribution is -2.39. The molecule has 1 saturated heterocycles. The molecule has 4 rings (SSSR count). The first-order chi connectivity index (χ1) is 13.4. The number of halogens is 3. The summed E-state index contributed by atoms with van der Waals surface area (Å²) in [5.41, 5.74) is 8.61. The molecule has 0 bridgehead atoms. The maximum absolute atomic E-state index is 13.0. The Kier molecular flexibility index (Phi) is 5.14. The van der Waals surface area contributed by atoms with Crippen LogP contribution in [0.15, 0.2) is 18.2 Å². The Labute approximate surface area is 161 Å². The van der Waals surface area contributed by atoms with Gasteiger partial charge in [-0.25, -0.2) is 0 Å². The summed E-state index contributed by atoms with van der Waals surface area (Å²) in [6.45, 7) is 1.93. The van der Waals surface area contributed by atoms with E-state index in [9.17, 15) is 13.2 Å². The minimum absolute atomic E-state index is 0.0779. The number of anilines is 2. The molecule has 1 aliphatic heterocycles. The minimum Gasteiger partial charge on any atom is -0.398 e. The molecule has 8 heteroatoms. The number of hydrogen-bond donors (Lipinski definition) is 3. The molecular formula is C20H24F3N5. The molecule has 5 nitrogen and oxygen atoms in total. The Morgan fingerprint density at radius 3 is 2.54 bits per heavy atom. The molecule has 0 saturated carbocycles. The van der Waals surface area contributed by atoms with E-state index in [2.05, 4.69) is 20.8 Å². The van der Waals surface area contributed by atoms with Crippen LogP contribution in [0.2, 0.25) is 0 Å². The van der Waals surface area contributed by atoms with E-state index in [0.717, 1.165) is 80.7 Å². The van der Waals surface area contributed by atoms with Crippen LogP contribution in [-0.2, 0) is 19.0 Å². The van der Waals surface area contributed by atoms with E-state index >= 15 is 0 Å². The van der Waals surface area contributed by atoms with Gasteiger partial charge >= 0.3 is 6.18 Å². The summed E-state index contributed by atoms with van der Waals surface area (Å²) in [6.07, 6.45) is 1.60. The van der Waals surface area contributed by atoms with Crippen LogP contribution < -0.4 is 16.4 Å². The summed E-state index contributed by atoms with van der Waals surface area (Å²) in [5, 5.41) is 15.7. The first kappa shape index (κ1) is 19.0. The fourth-order valence-corrected chi connectivity index (χ4v) is 4.10. The SMILES string of the molecule is Nc1cc(C(F)(F)F)ccc1-c1nnc(NC2CCCNC2)c2c1CCCC2. The van der Waals surface area contributed by atoms with E-state index < -0.39 is 11.7 Å². The van der Waals surface area contributed by atoms with E-state index in [1.54, 1.807) is 0 Å². The lowest BCUT2D eigenvalue weighted by atomic mass is 9.88. The van der Waals surface area contributed by atoms with Crippen LogP contribution in [0.3, 0.4) is 0 Å². The van der Waals surface area contributed by atoms with Gasteiger partial charge in [-0.2, -0.15) is 13.2 Å². The highest BCUT2D eigenvalue weighted by molar-refractivity contribution is 5.78. The van der Waals surface area contributed by atoms with Crippen LogP contribution in [0.5, 0.6) is 0 Å². The molecule has 1 aliphatic carbocycles. The van der Waals surface area contributed by atoms with Crippen molar-refractivity contribution in [2.75, 3.05) is 24.1 Å². The quantitative estimate of drug-likeness (QED) is 0.694. The van der Waals surface area contributed by atoms with Gasteiger partial charge in [0.15, 0.2) is 5.82 Å². The molecule has 1 unspecified atom stereocenters. The first-order valence-corrected chi connectivity index (χ1v) is 9.76. The average molecular weight is 391 g/mol. The lowest BCUT2D eigenvalue weighted by Gasteiger charge is -2.27. The summed E-state index contributed by atoms with van der Waals surface area (Å²) in [7, 11) is 0. The van der Waals surface area contributed by atoms with E-state index in [1.807, 2.05) is 0 Å². The Balaban J connectivity index is 1.70. The maximum Gasteiger partial charge on any atom is 0.416 e. The van der Waals surface area contributed by atoms with Crippen molar-refractivity contribution in [2.45, 2.75) is 50.7 Å². The molecule has 2 heterocycles. The van der Waals surface area contributed by atoms with Crippen molar-refractivity contribution < 1.29 is 13.2 Å². The van der Waals surface area contributed by atoms with E-state index in [1.165, 1.54) is 6.07 Å². The van der Waals surface area contributed by atoms with Crippen molar-refractivity contribution >= 4 is 11.5 Å². The molecular weight excluding hydrogens is 367 g/mol. The third kappa shape index (κ3) is 3.78. The highest BCUT2D eigenvalue weighted by Gasteiger charge is 2.31. The average Bonchev–Trinajstić information content (AvgIpc) is 2.69. The van der Waals surface area contributed by atoms with Gasteiger partial charge in [-0.05, 0) is 62.8 Å². The summed E-state index contributed by atoms with van der Waals surface area (Å²) >= 11 is 0. The molecule has 1 aromatic carbocycles. The number of nitrogens with one attached hydrogen (secondary N) is 2. The Bertz CT molecular complexity index is 860. The topological polar surface area (TPSA) is 75.9 Å². The molecule has 28 heavy (non-hydrogen) atoms. The third-order valence-electron chi connectivity index (χ3n) is 5.56. The van der Waals surface area contributed by atoms with Gasteiger partial charge in [0, 0.05) is 29.4 Å². The summed E-state index contributed by atoms with van der Waals surface area (Å²) < 4.78 is 38.9. The van der Waals surface area contributed by atoms with Gasteiger partial charge in [0.1, 0.15) is 0 Å². The first-order valence-electron chi connectivity index (χ1n) is 9.76. The second kappa shape index (κ2) is 7.58. The van der Waals surface area contributed by atoms with Crippen LogP contribution in [0, 0.1) is 0 Å². The molecule has 2 aromatic rings. The van der Waals surface area contributed by atoms with Gasteiger partial charge in [0.2, 0.25) is 0 Å². The number of nitrogens with two attached hydrogens (primary N) is 1. The lowest BCUT2D eigenvalue weighted by molar-refractivity contribution is -0.137. The van der Waals surface area contributed by atoms with Gasteiger partial charge in [0.05, 0.1) is 11.3 Å². The molecule has 1 fully saturated rings.